The summed E-state index contributed by atoms with van der Waals surface area (Å²) in [5.41, 5.74) is 4.12. The zero-order valence-electron chi connectivity index (χ0n) is 18.2. The van der Waals surface area contributed by atoms with E-state index in [1.807, 2.05) is 18.2 Å². The normalized spacial score (nSPS) is 14.9. The quantitative estimate of drug-likeness (QED) is 0.380. The monoisotopic (exact) mass is 449 g/mol. The molecule has 0 aliphatic carbocycles. The lowest BCUT2D eigenvalue weighted by molar-refractivity contribution is 0.0410. The molecule has 2 aromatic carbocycles. The molecule has 0 bridgehead atoms. The van der Waals surface area contributed by atoms with Gasteiger partial charge in [0.2, 0.25) is 5.16 Å². The summed E-state index contributed by atoms with van der Waals surface area (Å²) in [6.07, 6.45) is 0.926. The van der Waals surface area contributed by atoms with Gasteiger partial charge < -0.3 is 14.0 Å². The van der Waals surface area contributed by atoms with Crippen LogP contribution in [0.5, 0.6) is 5.75 Å². The zero-order chi connectivity index (χ0) is 21.8. The second kappa shape index (κ2) is 9.85. The van der Waals surface area contributed by atoms with Gasteiger partial charge in [0.1, 0.15) is 11.3 Å². The van der Waals surface area contributed by atoms with Crippen LogP contribution in [0.4, 0.5) is 0 Å². The van der Waals surface area contributed by atoms with Crippen LogP contribution in [0.3, 0.4) is 0 Å². The molecule has 0 atom stereocenters. The molecule has 0 unspecified atom stereocenters. The molecule has 2 aromatic heterocycles. The highest BCUT2D eigenvalue weighted by Crippen LogP contribution is 2.30. The number of morpholine rings is 1. The fourth-order valence-electron chi connectivity index (χ4n) is 4.11. The van der Waals surface area contributed by atoms with Crippen LogP contribution < -0.4 is 4.74 Å². The van der Waals surface area contributed by atoms with E-state index in [4.69, 9.17) is 14.5 Å². The molecule has 32 heavy (non-hydrogen) atoms. The lowest BCUT2D eigenvalue weighted by atomic mass is 10.1. The number of aromatic nitrogens is 4. The Bertz CT molecular complexity index is 1190. The van der Waals surface area contributed by atoms with Crippen molar-refractivity contribution < 1.29 is 9.47 Å². The smallest absolute Gasteiger partial charge is 0.211 e. The van der Waals surface area contributed by atoms with E-state index in [-0.39, 0.29) is 0 Å². The van der Waals surface area contributed by atoms with E-state index in [2.05, 4.69) is 50.0 Å². The Morgan fingerprint density at radius 1 is 1.03 bits per heavy atom. The molecule has 8 heteroatoms. The van der Waals surface area contributed by atoms with E-state index in [0.717, 1.165) is 84.5 Å². The van der Waals surface area contributed by atoms with Gasteiger partial charge in [-0.25, -0.2) is 4.98 Å². The zero-order valence-corrected chi connectivity index (χ0v) is 19.1. The Labute approximate surface area is 191 Å². The molecule has 3 heterocycles. The van der Waals surface area contributed by atoms with Crippen molar-refractivity contribution in [2.75, 3.05) is 45.7 Å². The highest BCUT2D eigenvalue weighted by Gasteiger charge is 2.17. The molecule has 4 aromatic rings. The van der Waals surface area contributed by atoms with E-state index >= 15 is 0 Å². The van der Waals surface area contributed by atoms with E-state index in [1.165, 1.54) is 5.56 Å². The third kappa shape index (κ3) is 4.57. The Kier molecular flexibility index (Phi) is 6.52. The highest BCUT2D eigenvalue weighted by atomic mass is 32.2. The molecule has 1 aliphatic heterocycles. The summed E-state index contributed by atoms with van der Waals surface area (Å²) in [5, 5.41) is 10.8. The fraction of sp³-hybridized carbons (Fsp3) is 0.375. The first kappa shape index (κ1) is 21.2. The van der Waals surface area contributed by atoms with Gasteiger partial charge in [0.15, 0.2) is 5.65 Å². The van der Waals surface area contributed by atoms with Crippen molar-refractivity contribution >= 4 is 33.8 Å². The van der Waals surface area contributed by atoms with Crippen molar-refractivity contribution in [1.29, 1.82) is 0 Å². The van der Waals surface area contributed by atoms with Crippen molar-refractivity contribution in [3.8, 4) is 5.75 Å². The summed E-state index contributed by atoms with van der Waals surface area (Å²) in [5.74, 6) is 1.75. The number of benzene rings is 2. The van der Waals surface area contributed by atoms with Crippen LogP contribution in [0.1, 0.15) is 5.56 Å². The van der Waals surface area contributed by atoms with Gasteiger partial charge in [-0.2, -0.15) is 0 Å². The third-order valence-electron chi connectivity index (χ3n) is 5.86. The summed E-state index contributed by atoms with van der Waals surface area (Å²) < 4.78 is 13.1. The van der Waals surface area contributed by atoms with Crippen LogP contribution in [0, 0.1) is 0 Å². The summed E-state index contributed by atoms with van der Waals surface area (Å²) in [7, 11) is 1.68. The predicted octanol–water partition coefficient (Wildman–Crippen LogP) is 3.66. The number of aryl methyl sites for hydroxylation is 2. The summed E-state index contributed by atoms with van der Waals surface area (Å²) in [6, 6.07) is 16.7. The third-order valence-corrected chi connectivity index (χ3v) is 6.68. The highest BCUT2D eigenvalue weighted by molar-refractivity contribution is 7.99. The maximum Gasteiger partial charge on any atom is 0.211 e. The maximum absolute atomic E-state index is 5.45. The van der Waals surface area contributed by atoms with Crippen LogP contribution in [0.25, 0.3) is 22.1 Å². The van der Waals surface area contributed by atoms with Crippen LogP contribution in [0.2, 0.25) is 0 Å². The largest absolute Gasteiger partial charge is 0.497 e. The van der Waals surface area contributed by atoms with Gasteiger partial charge in [0.05, 0.1) is 25.8 Å². The number of nitrogens with zero attached hydrogens (tertiary/aromatic N) is 5. The molecule has 0 N–H and O–H groups in total. The number of hydrogen-bond donors (Lipinski definition) is 0. The minimum Gasteiger partial charge on any atom is -0.497 e. The second-order valence-electron chi connectivity index (χ2n) is 7.84. The molecule has 0 amide bonds. The Morgan fingerprint density at radius 2 is 1.88 bits per heavy atom. The van der Waals surface area contributed by atoms with Gasteiger partial charge in [-0.1, -0.05) is 42.1 Å². The van der Waals surface area contributed by atoms with E-state index in [1.54, 1.807) is 18.9 Å². The molecule has 166 valence electrons. The summed E-state index contributed by atoms with van der Waals surface area (Å²) in [4.78, 5) is 7.35. The fourth-order valence-corrected chi connectivity index (χ4v) is 4.89. The van der Waals surface area contributed by atoms with Crippen molar-refractivity contribution in [2.45, 2.75) is 18.1 Å². The van der Waals surface area contributed by atoms with Crippen LogP contribution in [-0.2, 0) is 17.7 Å². The molecule has 1 saturated heterocycles. The molecule has 5 rings (SSSR count). The molecule has 0 radical (unpaired) electrons. The van der Waals surface area contributed by atoms with Crippen molar-refractivity contribution in [2.24, 2.45) is 0 Å². The average molecular weight is 450 g/mol. The SMILES string of the molecule is COc1ccc2c(c1)c1nnc(SCCN3CCOCC3)nc1n2CCc1ccccc1. The predicted molar refractivity (Wildman–Crippen MR) is 128 cm³/mol. The standard InChI is InChI=1S/C24H27N5O2S/c1-30-19-7-8-21-20(17-19)22-23(29(21)10-9-18-5-3-2-4-6-18)25-24(27-26-22)32-16-13-28-11-14-31-15-12-28/h2-8,17H,9-16H2,1H3. The molecular weight excluding hydrogens is 422 g/mol. The van der Waals surface area contributed by atoms with Crippen LogP contribution >= 0.6 is 11.8 Å². The Morgan fingerprint density at radius 3 is 2.69 bits per heavy atom. The van der Waals surface area contributed by atoms with Gasteiger partial charge in [-0.15, -0.1) is 10.2 Å². The molecular formula is C24H27N5O2S. The van der Waals surface area contributed by atoms with Gasteiger partial charge >= 0.3 is 0 Å². The van der Waals surface area contributed by atoms with Gasteiger partial charge in [-0.05, 0) is 30.2 Å². The average Bonchev–Trinajstić information content (AvgIpc) is 3.16. The topological polar surface area (TPSA) is 65.3 Å². The molecule has 0 saturated carbocycles. The molecule has 0 spiro atoms. The van der Waals surface area contributed by atoms with Gasteiger partial charge in [0, 0.05) is 37.3 Å². The Balaban J connectivity index is 1.43. The Hall–Kier alpha value is -2.68. The van der Waals surface area contributed by atoms with E-state index in [0.29, 0.717) is 0 Å². The number of fused-ring (bicyclic) bond motifs is 3. The number of methoxy groups -OCH3 is 1. The number of rotatable bonds is 8. The maximum atomic E-state index is 5.45. The second-order valence-corrected chi connectivity index (χ2v) is 8.90. The first-order valence-electron chi connectivity index (χ1n) is 11.0. The van der Waals surface area contributed by atoms with Crippen molar-refractivity contribution in [3.05, 3.63) is 54.1 Å². The minimum atomic E-state index is 0.724. The first-order chi connectivity index (χ1) is 15.8. The van der Waals surface area contributed by atoms with Crippen LogP contribution in [0.15, 0.2) is 53.7 Å². The van der Waals surface area contributed by atoms with Crippen LogP contribution in [-0.4, -0.2) is 70.4 Å². The summed E-state index contributed by atoms with van der Waals surface area (Å²) >= 11 is 1.66. The van der Waals surface area contributed by atoms with Gasteiger partial charge in [-0.3, -0.25) is 4.90 Å². The van der Waals surface area contributed by atoms with Crippen molar-refractivity contribution in [3.63, 3.8) is 0 Å². The number of ether oxygens (including phenoxy) is 2. The van der Waals surface area contributed by atoms with Gasteiger partial charge in [0.25, 0.3) is 0 Å². The van der Waals surface area contributed by atoms with Crippen molar-refractivity contribution in [1.82, 2.24) is 24.6 Å². The van der Waals surface area contributed by atoms with E-state index < -0.39 is 0 Å². The molecule has 1 aliphatic rings. The lowest BCUT2D eigenvalue weighted by Gasteiger charge is -2.26. The number of hydrogen-bond acceptors (Lipinski definition) is 7. The minimum absolute atomic E-state index is 0.724. The van der Waals surface area contributed by atoms with E-state index in [9.17, 15) is 0 Å². The number of thioether (sulfide) groups is 1. The first-order valence-corrected chi connectivity index (χ1v) is 12.0. The summed E-state index contributed by atoms with van der Waals surface area (Å²) in [6.45, 7) is 5.46. The lowest BCUT2D eigenvalue weighted by Crippen LogP contribution is -2.37. The molecule has 1 fully saturated rings. The molecule has 7 nitrogen and oxygen atoms in total.